The van der Waals surface area contributed by atoms with Crippen molar-refractivity contribution in [2.45, 2.75) is 58.5 Å². The molecular formula is C84H59BBr2FI2N3O6S2. The van der Waals surface area contributed by atoms with Crippen LogP contribution in [0.5, 0.6) is 0 Å². The molecule has 1 fully saturated rings. The topological polar surface area (TPSA) is 100.0 Å². The maximum atomic E-state index is 13.8. The van der Waals surface area contributed by atoms with Crippen LogP contribution >= 0.6 is 69.1 Å². The number of nitrogens with zero attached hydrogens (tertiary/aromatic N) is 3. The molecule has 0 unspecified atom stereocenters. The average Bonchev–Trinajstić information content (AvgIpc) is 1.56. The summed E-state index contributed by atoms with van der Waals surface area (Å²) in [5.41, 5.74) is 15.5. The van der Waals surface area contributed by atoms with E-state index in [0.29, 0.717) is 9.79 Å². The maximum Gasteiger partial charge on any atom is 0.494 e. The first-order valence-electron chi connectivity index (χ1n) is 32.6. The zero-order chi connectivity index (χ0) is 68.7. The Hall–Kier alpha value is -8.51. The number of sulfone groups is 2. The lowest BCUT2D eigenvalue weighted by Gasteiger charge is -2.32. The number of aromatic nitrogens is 3. The molecule has 17 heteroatoms. The summed E-state index contributed by atoms with van der Waals surface area (Å²) >= 11 is 10.8. The second-order valence-corrected chi connectivity index (χ2v) is 32.2. The van der Waals surface area contributed by atoms with Crippen LogP contribution in [0.2, 0.25) is 0 Å². The molecule has 0 atom stereocenters. The van der Waals surface area contributed by atoms with Crippen molar-refractivity contribution in [1.82, 2.24) is 13.2 Å². The highest BCUT2D eigenvalue weighted by atomic mass is 128. The molecule has 1 saturated heterocycles. The predicted molar refractivity (Wildman–Crippen MR) is 440 cm³/mol. The molecule has 9 nitrogen and oxygen atoms in total. The highest BCUT2D eigenvalue weighted by Crippen LogP contribution is 2.45. The molecule has 0 spiro atoms. The molecule has 1 aliphatic rings. The van der Waals surface area contributed by atoms with Gasteiger partial charge in [0.2, 0.25) is 19.7 Å². The van der Waals surface area contributed by atoms with E-state index in [2.05, 4.69) is 292 Å². The number of benzene rings is 13. The van der Waals surface area contributed by atoms with Gasteiger partial charge in [-0.05, 0) is 177 Å². The summed E-state index contributed by atoms with van der Waals surface area (Å²) in [4.78, 5) is 1.15. The molecule has 7 heterocycles. The predicted octanol–water partition coefficient (Wildman–Crippen LogP) is 23.3. The van der Waals surface area contributed by atoms with Crippen LogP contribution in [0.1, 0.15) is 27.7 Å². The SMILES string of the molecule is CC1(C)OB(c2ccc3c(c2)c2cccc4c5ccccc5n3c42)OC1(C)C.F.II.O=S(=O)(c1ccc(-c2ccc3c(c2)c2cccc4c5ccccc5n3c42)cc1)c1ccc(-c2ccc3c(c2)c2cccc4c5ccccc5n3c42)cc1.O=S(=O)(c1ccc(Br)cc1)c1ccc(Br)cc1. The summed E-state index contributed by atoms with van der Waals surface area (Å²) in [6.07, 6.45) is 0. The van der Waals surface area contributed by atoms with Gasteiger partial charge in [0, 0.05) is 111 Å². The van der Waals surface area contributed by atoms with Crippen molar-refractivity contribution < 1.29 is 30.8 Å². The van der Waals surface area contributed by atoms with Crippen LogP contribution in [0.15, 0.2) is 308 Å². The van der Waals surface area contributed by atoms with Gasteiger partial charge in [0.1, 0.15) is 0 Å². The summed E-state index contributed by atoms with van der Waals surface area (Å²) in [5.74, 6) is 0. The van der Waals surface area contributed by atoms with E-state index in [0.717, 1.165) is 36.7 Å². The summed E-state index contributed by atoms with van der Waals surface area (Å²) in [7, 11) is -7.47. The monoisotopic (exact) mass is 1710 g/mol. The molecule has 13 aromatic carbocycles. The highest BCUT2D eigenvalue weighted by molar-refractivity contribution is 15.0. The van der Waals surface area contributed by atoms with Crippen LogP contribution in [0, 0.1) is 0 Å². The second-order valence-electron chi connectivity index (χ2n) is 26.5. The summed E-state index contributed by atoms with van der Waals surface area (Å²) in [5, 5.41) is 15.0. The van der Waals surface area contributed by atoms with E-state index in [1.807, 2.05) is 24.3 Å². The summed E-state index contributed by atoms with van der Waals surface area (Å²) < 4.78 is 73.5. The number of halogens is 5. The highest BCUT2D eigenvalue weighted by Gasteiger charge is 2.52. The Balaban J connectivity index is 0.000000137. The van der Waals surface area contributed by atoms with Crippen molar-refractivity contribution in [3.8, 4) is 22.3 Å². The van der Waals surface area contributed by atoms with Crippen molar-refractivity contribution in [3.63, 3.8) is 0 Å². The minimum Gasteiger partial charge on any atom is -0.399 e. The minimum absolute atomic E-state index is 0. The van der Waals surface area contributed by atoms with Gasteiger partial charge in [-0.3, -0.25) is 4.70 Å². The Kier molecular flexibility index (Phi) is 16.9. The van der Waals surface area contributed by atoms with E-state index in [-0.39, 0.29) is 32.8 Å². The fraction of sp³-hybridized carbons (Fsp3) is 0.0714. The average molecular weight is 1710 g/mol. The van der Waals surface area contributed by atoms with E-state index in [1.54, 1.807) is 72.8 Å². The third-order valence-corrected chi connectivity index (χ3v) is 25.1. The van der Waals surface area contributed by atoms with E-state index in [1.165, 1.54) is 114 Å². The maximum absolute atomic E-state index is 13.8. The first-order chi connectivity index (χ1) is 48.4. The molecule has 6 aromatic heterocycles. The van der Waals surface area contributed by atoms with E-state index in [4.69, 9.17) is 9.31 Å². The quantitative estimate of drug-likeness (QED) is 0.116. The lowest BCUT2D eigenvalue weighted by atomic mass is 9.78. The smallest absolute Gasteiger partial charge is 0.399 e. The van der Waals surface area contributed by atoms with Crippen LogP contribution in [-0.4, -0.2) is 48.4 Å². The zero-order valence-corrected chi connectivity index (χ0v) is 63.8. The van der Waals surface area contributed by atoms with Gasteiger partial charge in [0.25, 0.3) is 0 Å². The van der Waals surface area contributed by atoms with Gasteiger partial charge < -0.3 is 22.5 Å². The Bertz CT molecular complexity index is 6390. The Morgan fingerprint density at radius 3 is 0.901 bits per heavy atom. The van der Waals surface area contributed by atoms with Crippen LogP contribution < -0.4 is 5.46 Å². The molecule has 0 N–H and O–H groups in total. The molecule has 0 saturated carbocycles. The van der Waals surface area contributed by atoms with Gasteiger partial charge in [0.05, 0.1) is 80.4 Å². The number of hydrogen-bond acceptors (Lipinski definition) is 6. The Morgan fingerprint density at radius 1 is 0.307 bits per heavy atom. The largest absolute Gasteiger partial charge is 0.494 e. The second kappa shape index (κ2) is 25.5. The molecule has 20 rings (SSSR count). The summed E-state index contributed by atoms with van der Waals surface area (Å²) in [6, 6.07) is 92.9. The van der Waals surface area contributed by atoms with Crippen LogP contribution in [0.3, 0.4) is 0 Å². The molecule has 0 aliphatic carbocycles. The lowest BCUT2D eigenvalue weighted by molar-refractivity contribution is 0.00578. The van der Waals surface area contributed by atoms with Crippen molar-refractivity contribution >= 4 is 216 Å². The minimum atomic E-state index is -3.71. The Morgan fingerprint density at radius 2 is 0.564 bits per heavy atom. The fourth-order valence-electron chi connectivity index (χ4n) is 15.0. The first-order valence-corrected chi connectivity index (χ1v) is 43.5. The van der Waals surface area contributed by atoms with Crippen LogP contribution in [0.25, 0.3) is 137 Å². The third-order valence-electron chi connectivity index (χ3n) is 20.5. The first kappa shape index (κ1) is 67.0. The van der Waals surface area contributed by atoms with E-state index in [9.17, 15) is 16.8 Å². The van der Waals surface area contributed by atoms with Crippen molar-refractivity contribution in [3.05, 3.63) is 288 Å². The zero-order valence-electron chi connectivity index (χ0n) is 54.7. The lowest BCUT2D eigenvalue weighted by Crippen LogP contribution is -2.41. The molecule has 101 heavy (non-hydrogen) atoms. The van der Waals surface area contributed by atoms with E-state index < -0.39 is 19.7 Å². The molecular weight excluding hydrogens is 1650 g/mol. The fourth-order valence-corrected chi connectivity index (χ4v) is 18.0. The molecule has 19 aromatic rings. The van der Waals surface area contributed by atoms with Crippen molar-refractivity contribution in [1.29, 1.82) is 0 Å². The van der Waals surface area contributed by atoms with Crippen molar-refractivity contribution in [2.75, 3.05) is 0 Å². The van der Waals surface area contributed by atoms with Gasteiger partial charge in [-0.25, -0.2) is 16.8 Å². The van der Waals surface area contributed by atoms with E-state index >= 15 is 0 Å². The van der Waals surface area contributed by atoms with Gasteiger partial charge >= 0.3 is 7.12 Å². The molecule has 0 amide bonds. The number of rotatable bonds is 7. The molecule has 0 radical (unpaired) electrons. The molecule has 496 valence electrons. The number of fused-ring (bicyclic) bond motifs is 18. The third kappa shape index (κ3) is 10.8. The normalized spacial score (nSPS) is 13.9. The summed E-state index contributed by atoms with van der Waals surface area (Å²) in [6.45, 7) is 8.38. The Labute approximate surface area is 622 Å². The van der Waals surface area contributed by atoms with Gasteiger partial charge in [-0.2, -0.15) is 0 Å². The van der Waals surface area contributed by atoms with Crippen LogP contribution in [-0.2, 0) is 29.0 Å². The number of para-hydroxylation sites is 6. The standard InChI is InChI=1S/C48H28N2O2S.C24H22BNO2.C12H8Br2O2S.FH.I2/c51-53(52,33-21-15-29(16-22-33)31-19-25-45-41(27-31)39-11-5-9-37-35-7-1-3-13-43(35)49(45)47(37)39)34-23-17-30(18-24-34)32-20-26-46-42(28-32)40-12-6-10-38-36-8-2-4-14-44(36)50(46)48(38)40;1-23(2)24(3,4)28-25(27-23)15-12-13-21-19(14-15)18-10-7-9-17-16-8-5-6-11-20(16)26(21)22(17)18;13-9-1-5-11(6-2-9)17(15,16)12-7-3-10(14)4-8-12;;1-2/h1-28H;5-14H,1-4H3;1-8H;1H;. The van der Waals surface area contributed by atoms with Gasteiger partial charge in [-0.1, -0.05) is 190 Å². The number of hydrogen-bond donors (Lipinski definition) is 0. The molecule has 0 bridgehead atoms. The van der Waals surface area contributed by atoms with Crippen molar-refractivity contribution in [2.24, 2.45) is 0 Å². The van der Waals surface area contributed by atoms with Gasteiger partial charge in [0.15, 0.2) is 0 Å². The molecule has 1 aliphatic heterocycles. The van der Waals surface area contributed by atoms with Crippen LogP contribution in [0.4, 0.5) is 4.70 Å². The van der Waals surface area contributed by atoms with Gasteiger partial charge in [-0.15, -0.1) is 0 Å².